The molecule has 0 saturated carbocycles. The second kappa shape index (κ2) is 6.00. The number of carbonyl (C=O) groups excluding carboxylic acids is 1. The number of hydrogen-bond donors (Lipinski definition) is 0. The highest BCUT2D eigenvalue weighted by Crippen LogP contribution is 2.15. The van der Waals surface area contributed by atoms with E-state index in [0.717, 1.165) is 0 Å². The Bertz CT molecular complexity index is 215. The molecule has 0 fully saturated rings. The number of allylic oxidation sites excluding steroid dienone is 2. The molecule has 0 spiro atoms. The van der Waals surface area contributed by atoms with Gasteiger partial charge in [-0.3, -0.25) is 9.79 Å². The van der Waals surface area contributed by atoms with Crippen molar-refractivity contribution in [1.82, 2.24) is 0 Å². The van der Waals surface area contributed by atoms with E-state index in [2.05, 4.69) is 18.8 Å². The van der Waals surface area contributed by atoms with Gasteiger partial charge in [-0.15, -0.1) is 0 Å². The van der Waals surface area contributed by atoms with Crippen LogP contribution in [0.1, 0.15) is 27.7 Å². The number of ketones is 1. The summed E-state index contributed by atoms with van der Waals surface area (Å²) in [6, 6.07) is 0. The fourth-order valence-electron chi connectivity index (χ4n) is 0.400. The second-order valence-electron chi connectivity index (χ2n) is 2.82. The average Bonchev–Trinajstić information content (AvgIpc) is 1.97. The van der Waals surface area contributed by atoms with E-state index in [0.29, 0.717) is 6.54 Å². The third-order valence-electron chi connectivity index (χ3n) is 1.32. The maximum atomic E-state index is 10.5. The van der Waals surface area contributed by atoms with Crippen LogP contribution < -0.4 is 0 Å². The maximum absolute atomic E-state index is 10.5. The second-order valence-corrected chi connectivity index (χ2v) is 3.88. The number of aliphatic imine (C=N–C) groups is 1. The quantitative estimate of drug-likeness (QED) is 0.498. The zero-order valence-corrected chi connectivity index (χ0v) is 8.86. The highest BCUT2D eigenvalue weighted by atomic mass is 32.2. The summed E-state index contributed by atoms with van der Waals surface area (Å²) in [6.45, 7) is 7.99. The van der Waals surface area contributed by atoms with Crippen molar-refractivity contribution in [2.45, 2.75) is 27.7 Å². The largest absolute Gasteiger partial charge is 0.298 e. The van der Waals surface area contributed by atoms with E-state index in [-0.39, 0.29) is 5.78 Å². The number of carbonyl (C=O) groups is 1. The van der Waals surface area contributed by atoms with Gasteiger partial charge >= 0.3 is 0 Å². The zero-order chi connectivity index (χ0) is 9.56. The van der Waals surface area contributed by atoms with E-state index in [9.17, 15) is 4.79 Å². The Morgan fingerprint density at radius 1 is 1.33 bits per heavy atom. The molecule has 12 heavy (non-hydrogen) atoms. The standard InChI is InChI=1S/C9H15NOS/c1-7(2)9(4)12-6-10-5-8(3)11/h6H,5H2,1-4H3/b10-6+. The summed E-state index contributed by atoms with van der Waals surface area (Å²) in [4.78, 5) is 15.7. The molecular formula is C9H15NOS. The minimum atomic E-state index is 0.0988. The van der Waals surface area contributed by atoms with Gasteiger partial charge in [0.25, 0.3) is 0 Å². The van der Waals surface area contributed by atoms with Crippen molar-refractivity contribution in [2.24, 2.45) is 4.99 Å². The topological polar surface area (TPSA) is 29.4 Å². The lowest BCUT2D eigenvalue weighted by Crippen LogP contribution is -1.93. The lowest BCUT2D eigenvalue weighted by Gasteiger charge is -1.96. The van der Waals surface area contributed by atoms with Crippen LogP contribution in [0.15, 0.2) is 15.5 Å². The molecule has 0 rings (SSSR count). The summed E-state index contributed by atoms with van der Waals surface area (Å²) in [6.07, 6.45) is 0. The summed E-state index contributed by atoms with van der Waals surface area (Å²) in [5.41, 5.74) is 3.01. The van der Waals surface area contributed by atoms with E-state index in [1.165, 1.54) is 17.4 Å². The minimum absolute atomic E-state index is 0.0988. The lowest BCUT2D eigenvalue weighted by atomic mass is 10.3. The summed E-state index contributed by atoms with van der Waals surface area (Å²) in [5.74, 6) is 0.0988. The van der Waals surface area contributed by atoms with Crippen molar-refractivity contribution in [2.75, 3.05) is 6.54 Å². The van der Waals surface area contributed by atoms with E-state index in [4.69, 9.17) is 0 Å². The maximum Gasteiger partial charge on any atom is 0.151 e. The van der Waals surface area contributed by atoms with Gasteiger partial charge in [0.05, 0.1) is 12.1 Å². The van der Waals surface area contributed by atoms with Gasteiger partial charge in [0.1, 0.15) is 0 Å². The molecule has 3 heteroatoms. The Balaban J connectivity index is 3.76. The average molecular weight is 185 g/mol. The molecule has 0 heterocycles. The van der Waals surface area contributed by atoms with Crippen LogP contribution in [0.2, 0.25) is 0 Å². The van der Waals surface area contributed by atoms with Crippen LogP contribution in [0, 0.1) is 0 Å². The molecule has 0 aromatic heterocycles. The monoisotopic (exact) mass is 185 g/mol. The normalized spacial score (nSPS) is 10.3. The van der Waals surface area contributed by atoms with Gasteiger partial charge in [0.2, 0.25) is 0 Å². The van der Waals surface area contributed by atoms with Crippen molar-refractivity contribution >= 4 is 23.1 Å². The molecule has 0 bridgehead atoms. The Hall–Kier alpha value is -0.570. The van der Waals surface area contributed by atoms with Crippen molar-refractivity contribution in [1.29, 1.82) is 0 Å². The number of Topliss-reactive ketones (excluding diaryl/α,β-unsaturated/α-hetero) is 1. The Morgan fingerprint density at radius 3 is 2.33 bits per heavy atom. The molecule has 0 aliphatic heterocycles. The van der Waals surface area contributed by atoms with Crippen LogP contribution >= 0.6 is 11.8 Å². The summed E-state index contributed by atoms with van der Waals surface area (Å²) < 4.78 is 0. The van der Waals surface area contributed by atoms with Crippen molar-refractivity contribution in [3.63, 3.8) is 0 Å². The van der Waals surface area contributed by atoms with Gasteiger partial charge in [-0.2, -0.15) is 0 Å². The summed E-state index contributed by atoms with van der Waals surface area (Å²) >= 11 is 1.56. The molecule has 0 aliphatic carbocycles. The Morgan fingerprint density at radius 2 is 1.92 bits per heavy atom. The van der Waals surface area contributed by atoms with Crippen molar-refractivity contribution in [3.8, 4) is 0 Å². The Labute approximate surface area is 78.1 Å². The number of thioether (sulfide) groups is 1. The summed E-state index contributed by atoms with van der Waals surface area (Å²) in [7, 11) is 0. The predicted molar refractivity (Wildman–Crippen MR) is 55.7 cm³/mol. The van der Waals surface area contributed by atoms with Gasteiger partial charge < -0.3 is 0 Å². The van der Waals surface area contributed by atoms with Gasteiger partial charge in [0.15, 0.2) is 5.78 Å². The van der Waals surface area contributed by atoms with Gasteiger partial charge in [0, 0.05) is 0 Å². The first-order valence-corrected chi connectivity index (χ1v) is 4.70. The molecule has 0 radical (unpaired) electrons. The molecular weight excluding hydrogens is 170 g/mol. The number of rotatable bonds is 4. The van der Waals surface area contributed by atoms with E-state index >= 15 is 0 Å². The molecule has 0 amide bonds. The van der Waals surface area contributed by atoms with Crippen LogP contribution in [-0.4, -0.2) is 17.9 Å². The van der Waals surface area contributed by atoms with E-state index in [1.54, 1.807) is 17.3 Å². The molecule has 0 aromatic carbocycles. The van der Waals surface area contributed by atoms with Crippen LogP contribution in [0.4, 0.5) is 0 Å². The van der Waals surface area contributed by atoms with E-state index < -0.39 is 0 Å². The smallest absolute Gasteiger partial charge is 0.151 e. The Kier molecular flexibility index (Phi) is 5.72. The zero-order valence-electron chi connectivity index (χ0n) is 8.05. The molecule has 0 atom stereocenters. The molecule has 2 nitrogen and oxygen atoms in total. The first-order valence-electron chi connectivity index (χ1n) is 3.82. The highest BCUT2D eigenvalue weighted by molar-refractivity contribution is 8.15. The highest BCUT2D eigenvalue weighted by Gasteiger charge is 1.90. The SMILES string of the molecule is CC(=O)C/N=C/SC(C)=C(C)C. The fraction of sp³-hybridized carbons (Fsp3) is 0.556. The van der Waals surface area contributed by atoms with Gasteiger partial charge in [-0.25, -0.2) is 0 Å². The van der Waals surface area contributed by atoms with Crippen LogP contribution in [0.5, 0.6) is 0 Å². The van der Waals surface area contributed by atoms with Gasteiger partial charge in [-0.1, -0.05) is 17.3 Å². The first-order chi connectivity index (χ1) is 5.54. The van der Waals surface area contributed by atoms with Crippen molar-refractivity contribution in [3.05, 3.63) is 10.5 Å². The molecule has 0 aromatic rings. The van der Waals surface area contributed by atoms with Crippen LogP contribution in [0.25, 0.3) is 0 Å². The first kappa shape index (κ1) is 11.4. The van der Waals surface area contributed by atoms with Crippen molar-refractivity contribution < 1.29 is 4.79 Å². The number of nitrogens with zero attached hydrogens (tertiary/aromatic N) is 1. The molecule has 68 valence electrons. The third kappa shape index (κ3) is 6.16. The minimum Gasteiger partial charge on any atom is -0.298 e. The summed E-state index contributed by atoms with van der Waals surface area (Å²) in [5, 5.41) is 0. The molecule has 0 aliphatic rings. The van der Waals surface area contributed by atoms with Crippen LogP contribution in [0.3, 0.4) is 0 Å². The molecule has 0 N–H and O–H groups in total. The third-order valence-corrected chi connectivity index (χ3v) is 2.34. The van der Waals surface area contributed by atoms with Crippen LogP contribution in [-0.2, 0) is 4.79 Å². The number of hydrogen-bond acceptors (Lipinski definition) is 3. The predicted octanol–water partition coefficient (Wildman–Crippen LogP) is 2.65. The fourth-order valence-corrected chi connectivity index (χ4v) is 0.943. The lowest BCUT2D eigenvalue weighted by molar-refractivity contribution is -0.115. The van der Waals surface area contributed by atoms with E-state index in [1.807, 2.05) is 6.92 Å². The molecule has 0 saturated heterocycles. The molecule has 0 unspecified atom stereocenters. The van der Waals surface area contributed by atoms with Gasteiger partial charge in [-0.05, 0) is 32.6 Å².